The molecule has 0 spiro atoms. The van der Waals surface area contributed by atoms with Gasteiger partial charge in [-0.05, 0) is 12.0 Å². The first kappa shape index (κ1) is 10.6. The van der Waals surface area contributed by atoms with E-state index in [-0.39, 0.29) is 12.6 Å². The summed E-state index contributed by atoms with van der Waals surface area (Å²) in [5.41, 5.74) is 1.19. The number of benzene rings is 1. The van der Waals surface area contributed by atoms with Crippen LogP contribution < -0.4 is 5.32 Å². The molecule has 2 atom stereocenters. The van der Waals surface area contributed by atoms with Gasteiger partial charge in [0.25, 0.3) is 0 Å². The van der Waals surface area contributed by atoms with Gasteiger partial charge in [-0.3, -0.25) is 0 Å². The second-order valence-corrected chi connectivity index (χ2v) is 3.85. The van der Waals surface area contributed by atoms with E-state index in [4.69, 9.17) is 4.74 Å². The summed E-state index contributed by atoms with van der Waals surface area (Å²) < 4.78 is 18.4. The average molecular weight is 209 g/mol. The fraction of sp³-hybridized carbons (Fsp3) is 0.500. The minimum atomic E-state index is -0.873. The molecule has 0 aliphatic carbocycles. The molecule has 15 heavy (non-hydrogen) atoms. The van der Waals surface area contributed by atoms with E-state index in [0.29, 0.717) is 6.61 Å². The first-order chi connectivity index (χ1) is 7.36. The van der Waals surface area contributed by atoms with E-state index in [9.17, 15) is 4.39 Å². The van der Waals surface area contributed by atoms with Gasteiger partial charge in [0.15, 0.2) is 0 Å². The van der Waals surface area contributed by atoms with Crippen molar-refractivity contribution in [2.45, 2.75) is 25.2 Å². The Kier molecular flexibility index (Phi) is 3.69. The van der Waals surface area contributed by atoms with E-state index >= 15 is 0 Å². The topological polar surface area (TPSA) is 21.3 Å². The molecule has 1 N–H and O–H groups in total. The van der Waals surface area contributed by atoms with Crippen molar-refractivity contribution in [3.8, 4) is 0 Å². The van der Waals surface area contributed by atoms with E-state index in [1.807, 2.05) is 30.3 Å². The van der Waals surface area contributed by atoms with Crippen molar-refractivity contribution < 1.29 is 9.13 Å². The summed E-state index contributed by atoms with van der Waals surface area (Å²) >= 11 is 0. The Hall–Kier alpha value is -0.930. The molecule has 1 saturated heterocycles. The summed E-state index contributed by atoms with van der Waals surface area (Å²) in [4.78, 5) is 0. The van der Waals surface area contributed by atoms with Gasteiger partial charge in [0.05, 0.1) is 6.61 Å². The SMILES string of the molecule is F[C@H]1COCC[C@@H]1NCc1ccccc1. The standard InChI is InChI=1S/C12H16FNO/c13-11-9-15-7-6-12(11)14-8-10-4-2-1-3-5-10/h1-5,11-12,14H,6-9H2/t11-,12-/m0/s1. The van der Waals surface area contributed by atoms with Crippen LogP contribution in [-0.2, 0) is 11.3 Å². The Bertz CT molecular complexity index is 291. The lowest BCUT2D eigenvalue weighted by Gasteiger charge is -2.27. The maximum Gasteiger partial charge on any atom is 0.139 e. The zero-order chi connectivity index (χ0) is 10.5. The summed E-state index contributed by atoms with van der Waals surface area (Å²) in [5.74, 6) is 0. The molecule has 1 aliphatic heterocycles. The molecule has 0 bridgehead atoms. The lowest BCUT2D eigenvalue weighted by Crippen LogP contribution is -2.43. The number of hydrogen-bond donors (Lipinski definition) is 1. The van der Waals surface area contributed by atoms with Crippen LogP contribution in [0.15, 0.2) is 30.3 Å². The maximum absolute atomic E-state index is 13.4. The minimum absolute atomic E-state index is 0.0565. The smallest absolute Gasteiger partial charge is 0.139 e. The van der Waals surface area contributed by atoms with Gasteiger partial charge in [-0.1, -0.05) is 30.3 Å². The molecule has 0 amide bonds. The van der Waals surface area contributed by atoms with Gasteiger partial charge >= 0.3 is 0 Å². The highest BCUT2D eigenvalue weighted by Gasteiger charge is 2.24. The number of halogens is 1. The van der Waals surface area contributed by atoms with Crippen molar-refractivity contribution in [3.05, 3.63) is 35.9 Å². The average Bonchev–Trinajstić information content (AvgIpc) is 2.29. The van der Waals surface area contributed by atoms with Crippen LogP contribution in [0.4, 0.5) is 4.39 Å². The maximum atomic E-state index is 13.4. The van der Waals surface area contributed by atoms with Crippen molar-refractivity contribution in [2.24, 2.45) is 0 Å². The molecule has 0 aromatic heterocycles. The zero-order valence-electron chi connectivity index (χ0n) is 8.66. The van der Waals surface area contributed by atoms with E-state index < -0.39 is 6.17 Å². The van der Waals surface area contributed by atoms with Gasteiger partial charge in [0.1, 0.15) is 6.17 Å². The van der Waals surface area contributed by atoms with Gasteiger partial charge < -0.3 is 10.1 Å². The molecule has 2 nitrogen and oxygen atoms in total. The van der Waals surface area contributed by atoms with Crippen LogP contribution in [0.1, 0.15) is 12.0 Å². The molecule has 1 aliphatic rings. The van der Waals surface area contributed by atoms with Crippen molar-refractivity contribution in [3.63, 3.8) is 0 Å². The summed E-state index contributed by atoms with van der Waals surface area (Å²) in [6.45, 7) is 1.62. The second kappa shape index (κ2) is 5.24. The third-order valence-corrected chi connectivity index (χ3v) is 2.70. The molecule has 0 unspecified atom stereocenters. The van der Waals surface area contributed by atoms with E-state index in [1.54, 1.807) is 0 Å². The van der Waals surface area contributed by atoms with Gasteiger partial charge in [0, 0.05) is 19.2 Å². The monoisotopic (exact) mass is 209 g/mol. The van der Waals surface area contributed by atoms with Crippen LogP contribution in [0.3, 0.4) is 0 Å². The van der Waals surface area contributed by atoms with Crippen molar-refractivity contribution in [1.82, 2.24) is 5.32 Å². The number of nitrogens with one attached hydrogen (secondary N) is 1. The predicted octanol–water partition coefficient (Wildman–Crippen LogP) is 1.90. The molecule has 3 heteroatoms. The molecule has 1 aromatic rings. The number of ether oxygens (including phenoxy) is 1. The quantitative estimate of drug-likeness (QED) is 0.821. The summed E-state index contributed by atoms with van der Waals surface area (Å²) in [7, 11) is 0. The molecule has 0 radical (unpaired) electrons. The molecule has 2 rings (SSSR count). The Morgan fingerprint density at radius 3 is 2.87 bits per heavy atom. The van der Waals surface area contributed by atoms with E-state index in [2.05, 4.69) is 5.32 Å². The fourth-order valence-electron chi connectivity index (χ4n) is 1.78. The first-order valence-electron chi connectivity index (χ1n) is 5.35. The Balaban J connectivity index is 1.82. The highest BCUT2D eigenvalue weighted by molar-refractivity contribution is 5.14. The normalized spacial score (nSPS) is 26.5. The number of hydrogen-bond acceptors (Lipinski definition) is 2. The molecule has 82 valence electrons. The summed E-state index contributed by atoms with van der Waals surface area (Å²) in [6, 6.07) is 10.00. The van der Waals surface area contributed by atoms with Gasteiger partial charge in [-0.25, -0.2) is 4.39 Å². The summed E-state index contributed by atoms with van der Waals surface area (Å²) in [5, 5.41) is 3.23. The Labute approximate surface area is 89.4 Å². The van der Waals surface area contributed by atoms with Crippen LogP contribution in [0.25, 0.3) is 0 Å². The number of alkyl halides is 1. The third-order valence-electron chi connectivity index (χ3n) is 2.70. The van der Waals surface area contributed by atoms with Gasteiger partial charge in [0.2, 0.25) is 0 Å². The Morgan fingerprint density at radius 1 is 1.33 bits per heavy atom. The molecule has 1 aromatic carbocycles. The lowest BCUT2D eigenvalue weighted by atomic mass is 10.1. The summed E-state index contributed by atoms with van der Waals surface area (Å²) in [6.07, 6.45) is -0.115. The van der Waals surface area contributed by atoms with Crippen LogP contribution in [-0.4, -0.2) is 25.4 Å². The van der Waals surface area contributed by atoms with Gasteiger partial charge in [-0.15, -0.1) is 0 Å². The van der Waals surface area contributed by atoms with Crippen LogP contribution in [0.5, 0.6) is 0 Å². The first-order valence-corrected chi connectivity index (χ1v) is 5.35. The second-order valence-electron chi connectivity index (χ2n) is 3.85. The van der Waals surface area contributed by atoms with Crippen molar-refractivity contribution >= 4 is 0 Å². The molecular formula is C12H16FNO. The lowest BCUT2D eigenvalue weighted by molar-refractivity contribution is 0.0135. The minimum Gasteiger partial charge on any atom is -0.378 e. The zero-order valence-corrected chi connectivity index (χ0v) is 8.66. The third kappa shape index (κ3) is 3.01. The highest BCUT2D eigenvalue weighted by Crippen LogP contribution is 2.11. The van der Waals surface area contributed by atoms with E-state index in [0.717, 1.165) is 13.0 Å². The molecule has 0 saturated carbocycles. The van der Waals surface area contributed by atoms with Gasteiger partial charge in [-0.2, -0.15) is 0 Å². The Morgan fingerprint density at radius 2 is 2.13 bits per heavy atom. The van der Waals surface area contributed by atoms with E-state index in [1.165, 1.54) is 5.56 Å². The van der Waals surface area contributed by atoms with Crippen LogP contribution in [0, 0.1) is 0 Å². The van der Waals surface area contributed by atoms with Crippen LogP contribution >= 0.6 is 0 Å². The van der Waals surface area contributed by atoms with Crippen molar-refractivity contribution in [1.29, 1.82) is 0 Å². The van der Waals surface area contributed by atoms with Crippen LogP contribution in [0.2, 0.25) is 0 Å². The van der Waals surface area contributed by atoms with Crippen molar-refractivity contribution in [2.75, 3.05) is 13.2 Å². The number of rotatable bonds is 3. The fourth-order valence-corrected chi connectivity index (χ4v) is 1.78. The largest absolute Gasteiger partial charge is 0.378 e. The highest BCUT2D eigenvalue weighted by atomic mass is 19.1. The molecule has 1 fully saturated rings. The predicted molar refractivity (Wildman–Crippen MR) is 57.4 cm³/mol. The molecular weight excluding hydrogens is 193 g/mol. The molecule has 1 heterocycles.